The van der Waals surface area contributed by atoms with Crippen LogP contribution in [0.2, 0.25) is 0 Å². The van der Waals surface area contributed by atoms with Crippen LogP contribution >= 0.6 is 0 Å². The molecule has 0 aromatic carbocycles. The maximum atomic E-state index is 11.4. The van der Waals surface area contributed by atoms with E-state index in [1.807, 2.05) is 25.1 Å². The molecule has 0 bridgehead atoms. The molecule has 9 aliphatic heterocycles. The standard InChI is InChI=1S/3C11H20N4O.C9H18N2O.C7H15N.3C6H11N3O.C5H9N3O.C4H9N3.C4H9NO.C3H7NO.2Rb.V/c2*1-8-13-10(11(16)14-8)7-12-9-3-5-15(2)6-4-9;1-9(16)14-11(7-12)8-13-10-3-5-15(2)6-4-10;1-8(12)2-7-11-9-3-5-10-6-4-9;1-7-3-5-8(2)6-4-7;2*1-4-8-5(3-7-2)6(10)9-4;1-5(10)9-6(3-7)4-8-2;1-4(9)8-5(2-6)3-7;1-7-3-4(6)2-5;1-4(6)2-3-5;1-4-2-3-5;;;/h2*9-10,12H,3-7H2,1-2H3,(H,13,14,16);10-11,13H,3-6,8H2,1-2H3,(H,14,16);9-11H,2-7H2,1H3;7H,3-6H2,1-2H3;2*5,7H,3H2,1-2H3,(H,8,9,10);6,8H,4H2,1-2H3,(H,9,10);5H,2,6H2,1H3,(H,8,9);4,7H,3,6H2,1H3;2-3,5H2,1H3;3-4H,2H2,1H3;;;/q;;;;;;;;;;;;2*+1;/p-2. The molecule has 717 valence electrons. The number of aliphatic imine (C=N–C) groups is 4. The number of nitrogens with two attached hydrogens (primary N) is 3. The number of carbonyl (C=O) groups excluding carboxylic acids is 10. The van der Waals surface area contributed by atoms with E-state index in [1.54, 1.807) is 62.9 Å². The van der Waals surface area contributed by atoms with Crippen molar-refractivity contribution >= 4 is 82.5 Å². The fraction of sp³-hybridized carbons (Fsp3) is 0.783. The summed E-state index contributed by atoms with van der Waals surface area (Å²) in [5.74, 6) is 3.29. The van der Waals surface area contributed by atoms with Crippen LogP contribution in [-0.4, -0.2) is 376 Å². The Morgan fingerprint density at radius 1 is 0.477 bits per heavy atom. The summed E-state index contributed by atoms with van der Waals surface area (Å²) in [4.78, 5) is 132. The number of nitrogens with zero attached hydrogens (tertiary/aromatic N) is 14. The monoisotopic (exact) mass is 1980 g/mol. The van der Waals surface area contributed by atoms with Crippen LogP contribution < -0.4 is 213 Å². The van der Waals surface area contributed by atoms with Gasteiger partial charge in [-0.25, -0.2) is 0 Å². The summed E-state index contributed by atoms with van der Waals surface area (Å²) in [6.45, 7) is 34.4. The zero-order chi connectivity index (χ0) is 95.0. The van der Waals surface area contributed by atoms with Crippen molar-refractivity contribution in [3.63, 3.8) is 0 Å². The van der Waals surface area contributed by atoms with E-state index in [1.165, 1.54) is 66.5 Å². The van der Waals surface area contributed by atoms with Crippen LogP contribution in [0.25, 0.3) is 10.6 Å². The first-order valence-electron chi connectivity index (χ1n) is 43.3. The Bertz CT molecular complexity index is 3240. The SMILES string of the molecule is CC(=O)CCN.CC(=O)CCNC1CCNCC1.CC(=O)NC(C#N)CN.CC(=O)NC(C#N)CNC1CCN(C)CC1.CC1=NC(CNC2CCN(C)CC2)C(=O)N1.CC1=NC(CNC2CCN(C)CC2)C(=O)[N-]1.CC1CCN(C)CC1.CNCC(C#N)NC(C)=O.CNCC(N)C#N.CNCC1N=C(C)NC1=O.CNCC1N=C(C)[N-]C1=O.CNCC=O.[Rb+].[Rb+].[V]. The number of nitrogens with one attached hydrogen (secondary N) is 15. The summed E-state index contributed by atoms with van der Waals surface area (Å²) in [6, 6.07) is 7.18. The molecule has 5 saturated heterocycles. The number of ketones is 2. The number of carbonyl (C=O) groups is 10. The Morgan fingerprint density at radius 3 is 1.10 bits per heavy atom. The average molecular weight is 1990 g/mol. The average Bonchev–Trinajstić information content (AvgIpc) is 1.74. The molecule has 9 aliphatic rings. The van der Waals surface area contributed by atoms with Crippen LogP contribution in [0.5, 0.6) is 0 Å². The maximum Gasteiger partial charge on any atom is 1.00 e. The van der Waals surface area contributed by atoms with Crippen molar-refractivity contribution in [2.45, 2.75) is 219 Å². The molecule has 0 aromatic rings. The molecule has 0 aliphatic carbocycles. The van der Waals surface area contributed by atoms with E-state index >= 15 is 0 Å². The number of Topliss-reactive ketones (excluding diaryl/α,β-unsaturated/α-hetero) is 2. The number of amidine groups is 4. The second-order valence-corrected chi connectivity index (χ2v) is 31.4. The second-order valence-electron chi connectivity index (χ2n) is 31.4. The third kappa shape index (κ3) is 76.8. The minimum absolute atomic E-state index is 0. The molecule has 7 amide bonds. The van der Waals surface area contributed by atoms with E-state index < -0.39 is 18.1 Å². The van der Waals surface area contributed by atoms with Gasteiger partial charge in [0.25, 0.3) is 11.8 Å². The fourth-order valence-electron chi connectivity index (χ4n) is 12.2. The third-order valence-corrected chi connectivity index (χ3v) is 19.3. The Hall–Kier alpha value is -4.55. The van der Waals surface area contributed by atoms with Crippen LogP contribution in [0, 0.1) is 51.2 Å². The molecule has 42 nitrogen and oxygen atoms in total. The normalized spacial score (nSPS) is 19.9. The van der Waals surface area contributed by atoms with Crippen molar-refractivity contribution in [2.24, 2.45) is 43.1 Å². The van der Waals surface area contributed by atoms with Crippen LogP contribution in [0.1, 0.15) is 146 Å². The first-order chi connectivity index (χ1) is 59.4. The minimum atomic E-state index is -0.539. The van der Waals surface area contributed by atoms with Gasteiger partial charge in [-0.2, -0.15) is 21.0 Å². The molecule has 0 spiro atoms. The van der Waals surface area contributed by atoms with Crippen molar-refractivity contribution in [2.75, 3.05) is 201 Å². The van der Waals surface area contributed by atoms with Crippen LogP contribution in [0.4, 0.5) is 0 Å². The van der Waals surface area contributed by atoms with Crippen molar-refractivity contribution in [3.8, 4) is 24.3 Å². The predicted molar refractivity (Wildman–Crippen MR) is 494 cm³/mol. The molecule has 45 heteroatoms. The number of likely N-dealkylation sites (tertiary alicyclic amines) is 4. The van der Waals surface area contributed by atoms with E-state index in [0.29, 0.717) is 113 Å². The first-order valence-corrected chi connectivity index (χ1v) is 43.3. The van der Waals surface area contributed by atoms with Gasteiger partial charge in [0, 0.05) is 147 Å². The van der Waals surface area contributed by atoms with E-state index in [-0.39, 0.29) is 225 Å². The van der Waals surface area contributed by atoms with E-state index in [9.17, 15) is 47.9 Å². The number of rotatable bonds is 29. The number of nitriles is 4. The molecule has 128 heavy (non-hydrogen) atoms. The molecule has 21 N–H and O–H groups in total. The zero-order valence-electron chi connectivity index (χ0n) is 80.9. The molecule has 5 fully saturated rings. The largest absolute Gasteiger partial charge is 1.00 e. The van der Waals surface area contributed by atoms with Crippen molar-refractivity contribution < 1.29 is 183 Å². The Balaban J connectivity index is -0.000000321. The Morgan fingerprint density at radius 2 is 0.828 bits per heavy atom. The first kappa shape index (κ1) is 134. The van der Waals surface area contributed by atoms with Gasteiger partial charge in [0.15, 0.2) is 11.8 Å². The topological polar surface area (TPSA) is 615 Å². The van der Waals surface area contributed by atoms with Gasteiger partial charge in [-0.15, -0.1) is 0 Å². The molecular weight excluding hydrogens is 1830 g/mol. The molecule has 8 atom stereocenters. The maximum absolute atomic E-state index is 11.4. The smallest absolute Gasteiger partial charge is 0.458 e. The van der Waals surface area contributed by atoms with E-state index in [0.717, 1.165) is 115 Å². The fourth-order valence-corrected chi connectivity index (χ4v) is 12.2. The van der Waals surface area contributed by atoms with E-state index in [2.05, 4.69) is 171 Å². The van der Waals surface area contributed by atoms with Gasteiger partial charge in [0.05, 0.1) is 30.8 Å². The molecule has 9 heterocycles. The predicted octanol–water partition coefficient (Wildman–Crippen LogP) is -9.06. The summed E-state index contributed by atoms with van der Waals surface area (Å²) in [5.41, 5.74) is 15.3. The molecule has 1 radical (unpaired) electrons. The van der Waals surface area contributed by atoms with Gasteiger partial charge in [0.2, 0.25) is 17.7 Å². The van der Waals surface area contributed by atoms with Gasteiger partial charge >= 0.3 is 116 Å². The quantitative estimate of drug-likeness (QED) is 0.0309. The summed E-state index contributed by atoms with van der Waals surface area (Å²) in [6.07, 6.45) is 14.0. The summed E-state index contributed by atoms with van der Waals surface area (Å²) < 4.78 is 0. The minimum Gasteiger partial charge on any atom is -0.458 e. The summed E-state index contributed by atoms with van der Waals surface area (Å²) in [5, 5.41) is 84.6. The molecule has 0 saturated carbocycles. The summed E-state index contributed by atoms with van der Waals surface area (Å²) >= 11 is 0. The number of piperidine rings is 5. The Labute approximate surface area is 873 Å². The van der Waals surface area contributed by atoms with Crippen molar-refractivity contribution in [3.05, 3.63) is 10.6 Å². The van der Waals surface area contributed by atoms with Crippen molar-refractivity contribution in [1.82, 2.24) is 99.4 Å². The number of likely N-dealkylation sites (N-methyl/N-ethyl adjacent to an activating group) is 5. The summed E-state index contributed by atoms with van der Waals surface area (Å²) in [7, 11) is 17.4. The van der Waals surface area contributed by atoms with Crippen molar-refractivity contribution in [1.29, 1.82) is 21.0 Å². The molecule has 9 rings (SSSR count). The van der Waals surface area contributed by atoms with E-state index in [4.69, 9.17) is 38.2 Å². The van der Waals surface area contributed by atoms with Gasteiger partial charge in [-0.05, 0) is 247 Å². The number of amides is 7. The number of aldehydes is 1. The van der Waals surface area contributed by atoms with Crippen LogP contribution in [0.3, 0.4) is 0 Å². The molecule has 0 aromatic heterocycles. The van der Waals surface area contributed by atoms with Crippen LogP contribution in [0.15, 0.2) is 20.0 Å². The van der Waals surface area contributed by atoms with Gasteiger partial charge in [-0.1, -0.05) is 18.6 Å². The molecular formula is C83H158N32O10Rb2V. The van der Waals surface area contributed by atoms with Crippen LogP contribution in [-0.2, 0) is 66.5 Å². The van der Waals surface area contributed by atoms with Gasteiger partial charge in [0.1, 0.15) is 65.8 Å². The number of hydrogen-bond acceptors (Lipinski definition) is 35. The third-order valence-electron chi connectivity index (χ3n) is 19.3. The van der Waals surface area contributed by atoms with Gasteiger partial charge in [-0.3, -0.25) is 53.1 Å². The Kier molecular flexibility index (Phi) is 90.8. The second kappa shape index (κ2) is 86.6. The molecule has 8 unspecified atom stereocenters. The number of hydrogen-bond donors (Lipinski definition) is 18. The zero-order valence-corrected chi connectivity index (χ0v) is 92.2. The van der Waals surface area contributed by atoms with Gasteiger partial charge < -0.3 is 142 Å².